The Morgan fingerprint density at radius 3 is 2.81 bits per heavy atom. The number of nitro benzene ring substituents is 1. The Morgan fingerprint density at radius 2 is 2.08 bits per heavy atom. The largest absolute Gasteiger partial charge is 0.355 e. The summed E-state index contributed by atoms with van der Waals surface area (Å²) in [5.74, 6) is -0.216. The van der Waals surface area contributed by atoms with Crippen molar-refractivity contribution in [2.75, 3.05) is 6.54 Å². The van der Waals surface area contributed by atoms with Gasteiger partial charge in [0.15, 0.2) is 0 Å². The van der Waals surface area contributed by atoms with Gasteiger partial charge in [-0.15, -0.1) is 22.7 Å². The van der Waals surface area contributed by atoms with Crippen LogP contribution < -0.4 is 5.32 Å². The highest BCUT2D eigenvalue weighted by molar-refractivity contribution is 7.16. The van der Waals surface area contributed by atoms with E-state index in [2.05, 4.69) is 10.3 Å². The van der Waals surface area contributed by atoms with Gasteiger partial charge >= 0.3 is 0 Å². The molecule has 0 saturated carbocycles. The molecule has 0 radical (unpaired) electrons. The summed E-state index contributed by atoms with van der Waals surface area (Å²) in [5, 5.41) is 16.9. The lowest BCUT2D eigenvalue weighted by atomic mass is 10.1. The minimum Gasteiger partial charge on any atom is -0.355 e. The molecule has 0 saturated heterocycles. The minimum absolute atomic E-state index is 0.00491. The number of para-hydroxylation sites is 1. The van der Waals surface area contributed by atoms with Gasteiger partial charge in [0.1, 0.15) is 0 Å². The first kappa shape index (κ1) is 18.2. The molecule has 0 aliphatic rings. The Kier molecular flexibility index (Phi) is 5.75. The number of nitrogens with zero attached hydrogens (tertiary/aromatic N) is 2. The van der Waals surface area contributed by atoms with E-state index in [0.717, 1.165) is 26.9 Å². The van der Waals surface area contributed by atoms with Crippen LogP contribution in [0.3, 0.4) is 0 Å². The van der Waals surface area contributed by atoms with Gasteiger partial charge in [0, 0.05) is 28.4 Å². The average molecular weight is 387 g/mol. The van der Waals surface area contributed by atoms with Crippen molar-refractivity contribution in [2.24, 2.45) is 0 Å². The van der Waals surface area contributed by atoms with Crippen LogP contribution in [0.5, 0.6) is 0 Å². The molecule has 0 fully saturated rings. The van der Waals surface area contributed by atoms with Crippen molar-refractivity contribution < 1.29 is 9.72 Å². The number of hydrogen-bond donors (Lipinski definition) is 1. The van der Waals surface area contributed by atoms with E-state index in [1.807, 2.05) is 24.4 Å². The van der Waals surface area contributed by atoms with Gasteiger partial charge in [-0.3, -0.25) is 14.9 Å². The van der Waals surface area contributed by atoms with E-state index in [-0.39, 0.29) is 18.0 Å². The Labute approximate surface area is 158 Å². The standard InChI is InChI=1S/C18H17N3O3S2/c1-12-20-15(11-25-12)17-7-6-14(26-17)8-9-19-18(22)10-13-4-2-3-5-16(13)21(23)24/h2-7,11H,8-10H2,1H3,(H,19,22). The van der Waals surface area contributed by atoms with Crippen molar-refractivity contribution in [1.82, 2.24) is 10.3 Å². The Bertz CT molecular complexity index is 933. The molecule has 0 atom stereocenters. The van der Waals surface area contributed by atoms with Crippen molar-refractivity contribution in [2.45, 2.75) is 19.8 Å². The summed E-state index contributed by atoms with van der Waals surface area (Å²) in [5.41, 5.74) is 1.39. The van der Waals surface area contributed by atoms with E-state index in [9.17, 15) is 14.9 Å². The molecule has 0 unspecified atom stereocenters. The van der Waals surface area contributed by atoms with Gasteiger partial charge in [0.2, 0.25) is 5.91 Å². The molecule has 3 aromatic rings. The normalized spacial score (nSPS) is 10.7. The Morgan fingerprint density at radius 1 is 1.27 bits per heavy atom. The van der Waals surface area contributed by atoms with Gasteiger partial charge < -0.3 is 5.32 Å². The number of carbonyl (C=O) groups is 1. The van der Waals surface area contributed by atoms with Crippen LogP contribution >= 0.6 is 22.7 Å². The maximum absolute atomic E-state index is 12.1. The van der Waals surface area contributed by atoms with Crippen LogP contribution in [0.1, 0.15) is 15.4 Å². The number of nitro groups is 1. The predicted molar refractivity (Wildman–Crippen MR) is 104 cm³/mol. The van der Waals surface area contributed by atoms with Crippen molar-refractivity contribution in [3.05, 3.63) is 67.3 Å². The number of aromatic nitrogens is 1. The van der Waals surface area contributed by atoms with Crippen molar-refractivity contribution in [1.29, 1.82) is 0 Å². The number of carbonyl (C=O) groups excluding carboxylic acids is 1. The number of amides is 1. The molecule has 26 heavy (non-hydrogen) atoms. The van der Waals surface area contributed by atoms with Gasteiger partial charge in [-0.2, -0.15) is 0 Å². The second-order valence-corrected chi connectivity index (χ2v) is 7.91. The maximum atomic E-state index is 12.1. The third-order valence-corrected chi connectivity index (χ3v) is 5.71. The summed E-state index contributed by atoms with van der Waals surface area (Å²) in [6.45, 7) is 2.48. The highest BCUT2D eigenvalue weighted by Gasteiger charge is 2.15. The first-order chi connectivity index (χ1) is 12.5. The summed E-state index contributed by atoms with van der Waals surface area (Å²) in [6.07, 6.45) is 0.724. The molecule has 0 aliphatic carbocycles. The molecule has 6 nitrogen and oxygen atoms in total. The first-order valence-corrected chi connectivity index (χ1v) is 9.73. The fourth-order valence-corrected chi connectivity index (χ4v) is 4.18. The van der Waals surface area contributed by atoms with Crippen molar-refractivity contribution in [3.8, 4) is 10.6 Å². The summed E-state index contributed by atoms with van der Waals surface area (Å²) in [4.78, 5) is 29.4. The molecule has 2 heterocycles. The van der Waals surface area contributed by atoms with E-state index in [1.54, 1.807) is 40.9 Å². The SMILES string of the molecule is Cc1nc(-c2ccc(CCNC(=O)Cc3ccccc3[N+](=O)[O-])s2)cs1. The van der Waals surface area contributed by atoms with Crippen LogP contribution in [-0.4, -0.2) is 22.4 Å². The number of nitrogens with one attached hydrogen (secondary N) is 1. The number of aryl methyl sites for hydroxylation is 1. The van der Waals surface area contributed by atoms with Crippen LogP contribution in [0.2, 0.25) is 0 Å². The second-order valence-electron chi connectivity index (χ2n) is 5.68. The topological polar surface area (TPSA) is 85.1 Å². The summed E-state index contributed by atoms with van der Waals surface area (Å²) in [6, 6.07) is 10.4. The zero-order valence-electron chi connectivity index (χ0n) is 14.1. The zero-order chi connectivity index (χ0) is 18.5. The fraction of sp³-hybridized carbons (Fsp3) is 0.222. The van der Waals surface area contributed by atoms with E-state index in [1.165, 1.54) is 6.07 Å². The fourth-order valence-electron chi connectivity index (χ4n) is 2.53. The summed E-state index contributed by atoms with van der Waals surface area (Å²) in [7, 11) is 0. The van der Waals surface area contributed by atoms with Crippen molar-refractivity contribution in [3.63, 3.8) is 0 Å². The lowest BCUT2D eigenvalue weighted by Crippen LogP contribution is -2.27. The van der Waals surface area contributed by atoms with Crippen LogP contribution in [0.15, 0.2) is 41.8 Å². The molecular weight excluding hydrogens is 370 g/mol. The second kappa shape index (κ2) is 8.20. The van der Waals surface area contributed by atoms with Gasteiger partial charge in [-0.05, 0) is 25.5 Å². The highest BCUT2D eigenvalue weighted by atomic mass is 32.1. The maximum Gasteiger partial charge on any atom is 0.273 e. The van der Waals surface area contributed by atoms with Crippen LogP contribution in [0.25, 0.3) is 10.6 Å². The molecule has 134 valence electrons. The third kappa shape index (κ3) is 4.53. The van der Waals surface area contributed by atoms with Gasteiger partial charge in [0.05, 0.1) is 26.9 Å². The third-order valence-electron chi connectivity index (χ3n) is 3.77. The highest BCUT2D eigenvalue weighted by Crippen LogP contribution is 2.29. The summed E-state index contributed by atoms with van der Waals surface area (Å²) >= 11 is 3.29. The smallest absolute Gasteiger partial charge is 0.273 e. The molecule has 0 bridgehead atoms. The van der Waals surface area contributed by atoms with Gasteiger partial charge in [-0.25, -0.2) is 4.98 Å². The monoisotopic (exact) mass is 387 g/mol. The number of thiazole rings is 1. The quantitative estimate of drug-likeness (QED) is 0.491. The number of benzene rings is 1. The molecule has 1 aromatic carbocycles. The van der Waals surface area contributed by atoms with E-state index in [4.69, 9.17) is 0 Å². The molecule has 1 amide bonds. The predicted octanol–water partition coefficient (Wildman–Crippen LogP) is 3.99. The lowest BCUT2D eigenvalue weighted by molar-refractivity contribution is -0.385. The summed E-state index contributed by atoms with van der Waals surface area (Å²) < 4.78 is 0. The molecular formula is C18H17N3O3S2. The molecule has 3 rings (SSSR count). The minimum atomic E-state index is -0.462. The van der Waals surface area contributed by atoms with E-state index in [0.29, 0.717) is 12.1 Å². The van der Waals surface area contributed by atoms with Crippen molar-refractivity contribution >= 4 is 34.3 Å². The first-order valence-electron chi connectivity index (χ1n) is 8.03. The zero-order valence-corrected chi connectivity index (χ0v) is 15.7. The lowest BCUT2D eigenvalue weighted by Gasteiger charge is -2.05. The van der Waals surface area contributed by atoms with Crippen LogP contribution in [-0.2, 0) is 17.6 Å². The average Bonchev–Trinajstić information content (AvgIpc) is 3.24. The van der Waals surface area contributed by atoms with Crippen LogP contribution in [0.4, 0.5) is 5.69 Å². The molecule has 8 heteroatoms. The molecule has 1 N–H and O–H groups in total. The number of thiophene rings is 1. The van der Waals surface area contributed by atoms with Crippen LogP contribution in [0, 0.1) is 17.0 Å². The number of rotatable bonds is 7. The Balaban J connectivity index is 1.52. The van der Waals surface area contributed by atoms with E-state index < -0.39 is 4.92 Å². The molecule has 0 spiro atoms. The van der Waals surface area contributed by atoms with Gasteiger partial charge in [-0.1, -0.05) is 18.2 Å². The molecule has 2 aromatic heterocycles. The van der Waals surface area contributed by atoms with E-state index >= 15 is 0 Å². The number of hydrogen-bond acceptors (Lipinski definition) is 6. The van der Waals surface area contributed by atoms with Gasteiger partial charge in [0.25, 0.3) is 5.69 Å². The molecule has 0 aliphatic heterocycles. The Hall–Kier alpha value is -2.58.